The Morgan fingerprint density at radius 2 is 1.86 bits per heavy atom. The van der Waals surface area contributed by atoms with Crippen molar-refractivity contribution < 1.29 is 14.3 Å². The van der Waals surface area contributed by atoms with Gasteiger partial charge >= 0.3 is 0 Å². The lowest BCUT2D eigenvalue weighted by Gasteiger charge is -2.10. The first-order chi connectivity index (χ1) is 10.7. The van der Waals surface area contributed by atoms with Crippen LogP contribution in [0.3, 0.4) is 0 Å². The van der Waals surface area contributed by atoms with Gasteiger partial charge in [0.15, 0.2) is 6.61 Å². The fourth-order valence-electron chi connectivity index (χ4n) is 1.98. The molecule has 0 aromatic heterocycles. The van der Waals surface area contributed by atoms with Gasteiger partial charge < -0.3 is 14.8 Å². The van der Waals surface area contributed by atoms with Crippen LogP contribution < -0.4 is 14.8 Å². The number of carbonyl (C=O) groups is 1. The molecule has 1 N–H and O–H groups in total. The summed E-state index contributed by atoms with van der Waals surface area (Å²) in [5, 5.41) is 2.84. The fourth-order valence-corrected chi connectivity index (χ4v) is 2.24. The van der Waals surface area contributed by atoms with E-state index in [9.17, 15) is 4.79 Å². The molecule has 116 valence electrons. The van der Waals surface area contributed by atoms with Gasteiger partial charge in [0.1, 0.15) is 11.5 Å². The Balaban J connectivity index is 1.72. The van der Waals surface area contributed by atoms with Gasteiger partial charge in [-0.25, -0.2) is 0 Å². The number of benzene rings is 2. The summed E-state index contributed by atoms with van der Waals surface area (Å²) in [6.45, 7) is 0.552. The molecule has 0 saturated carbocycles. The van der Waals surface area contributed by atoms with Gasteiger partial charge in [-0.1, -0.05) is 34.1 Å². The van der Waals surface area contributed by atoms with E-state index in [-0.39, 0.29) is 12.5 Å². The number of hydrogen-bond donors (Lipinski definition) is 1. The molecule has 0 aliphatic heterocycles. The van der Waals surface area contributed by atoms with E-state index < -0.39 is 0 Å². The van der Waals surface area contributed by atoms with E-state index in [1.165, 1.54) is 0 Å². The zero-order valence-corrected chi connectivity index (χ0v) is 13.9. The quantitative estimate of drug-likeness (QED) is 0.821. The minimum atomic E-state index is -0.141. The van der Waals surface area contributed by atoms with Gasteiger partial charge in [0.05, 0.1) is 7.11 Å². The molecule has 22 heavy (non-hydrogen) atoms. The number of nitrogens with one attached hydrogen (secondary N) is 1. The molecule has 5 heteroatoms. The topological polar surface area (TPSA) is 47.6 Å². The van der Waals surface area contributed by atoms with Gasteiger partial charge in [0.25, 0.3) is 5.91 Å². The van der Waals surface area contributed by atoms with Crippen molar-refractivity contribution in [2.45, 2.75) is 6.42 Å². The van der Waals surface area contributed by atoms with Crippen LogP contribution in [0, 0.1) is 0 Å². The lowest BCUT2D eigenvalue weighted by atomic mass is 10.1. The maximum absolute atomic E-state index is 11.8. The SMILES string of the molecule is COc1ccccc1CCNC(=O)COc1ccc(Br)cc1. The Bertz CT molecular complexity index is 614. The molecule has 2 aromatic carbocycles. The molecule has 4 nitrogen and oxygen atoms in total. The zero-order chi connectivity index (χ0) is 15.8. The second-order valence-corrected chi connectivity index (χ2v) is 5.57. The molecule has 0 bridgehead atoms. The van der Waals surface area contributed by atoms with Crippen LogP contribution in [-0.4, -0.2) is 26.2 Å². The zero-order valence-electron chi connectivity index (χ0n) is 12.3. The first-order valence-electron chi connectivity index (χ1n) is 6.96. The largest absolute Gasteiger partial charge is 0.496 e. The molecule has 0 aliphatic rings. The van der Waals surface area contributed by atoms with Gasteiger partial charge in [-0.15, -0.1) is 0 Å². The highest BCUT2D eigenvalue weighted by atomic mass is 79.9. The highest BCUT2D eigenvalue weighted by Crippen LogP contribution is 2.17. The normalized spacial score (nSPS) is 10.1. The summed E-state index contributed by atoms with van der Waals surface area (Å²) in [6.07, 6.45) is 0.716. The van der Waals surface area contributed by atoms with E-state index in [1.807, 2.05) is 48.5 Å². The third kappa shape index (κ3) is 5.07. The average Bonchev–Trinajstić information content (AvgIpc) is 2.55. The summed E-state index contributed by atoms with van der Waals surface area (Å²) >= 11 is 3.35. The Kier molecular flexibility index (Phi) is 6.27. The van der Waals surface area contributed by atoms with Crippen molar-refractivity contribution >= 4 is 21.8 Å². The van der Waals surface area contributed by atoms with E-state index >= 15 is 0 Å². The van der Waals surface area contributed by atoms with Crippen molar-refractivity contribution in [2.75, 3.05) is 20.3 Å². The molecule has 0 spiro atoms. The number of ether oxygens (including phenoxy) is 2. The number of halogens is 1. The van der Waals surface area contributed by atoms with E-state index in [0.29, 0.717) is 18.7 Å². The van der Waals surface area contributed by atoms with Crippen molar-refractivity contribution in [1.29, 1.82) is 0 Å². The monoisotopic (exact) mass is 363 g/mol. The molecule has 0 fully saturated rings. The van der Waals surface area contributed by atoms with Crippen LogP contribution in [0.2, 0.25) is 0 Å². The van der Waals surface area contributed by atoms with E-state index in [1.54, 1.807) is 7.11 Å². The Morgan fingerprint density at radius 3 is 2.59 bits per heavy atom. The standard InChI is InChI=1S/C17H18BrNO3/c1-21-16-5-3-2-4-13(16)10-11-19-17(20)12-22-15-8-6-14(18)7-9-15/h2-9H,10-12H2,1H3,(H,19,20). The Labute approximate surface area is 138 Å². The van der Waals surface area contributed by atoms with Gasteiger partial charge in [-0.2, -0.15) is 0 Å². The number of rotatable bonds is 7. The van der Waals surface area contributed by atoms with Gasteiger partial charge in [0, 0.05) is 11.0 Å². The molecule has 0 unspecified atom stereocenters. The second-order valence-electron chi connectivity index (χ2n) is 4.65. The molecule has 0 radical (unpaired) electrons. The smallest absolute Gasteiger partial charge is 0.257 e. The van der Waals surface area contributed by atoms with Crippen LogP contribution in [0.25, 0.3) is 0 Å². The van der Waals surface area contributed by atoms with Crippen LogP contribution in [0.5, 0.6) is 11.5 Å². The summed E-state index contributed by atoms with van der Waals surface area (Å²) in [5.41, 5.74) is 1.07. The van der Waals surface area contributed by atoms with Gasteiger partial charge in [-0.3, -0.25) is 4.79 Å². The van der Waals surface area contributed by atoms with Crippen molar-refractivity contribution in [3.8, 4) is 11.5 Å². The Hall–Kier alpha value is -2.01. The van der Waals surface area contributed by atoms with Crippen molar-refractivity contribution in [1.82, 2.24) is 5.32 Å². The van der Waals surface area contributed by atoms with Gasteiger partial charge in [0.2, 0.25) is 0 Å². The third-order valence-corrected chi connectivity index (χ3v) is 3.62. The van der Waals surface area contributed by atoms with E-state index in [4.69, 9.17) is 9.47 Å². The molecular formula is C17H18BrNO3. The molecule has 2 aromatic rings. The number of carbonyl (C=O) groups excluding carboxylic acids is 1. The van der Waals surface area contributed by atoms with E-state index in [0.717, 1.165) is 15.8 Å². The molecule has 0 atom stereocenters. The molecule has 1 amide bonds. The third-order valence-electron chi connectivity index (χ3n) is 3.09. The second kappa shape index (κ2) is 8.44. The van der Waals surface area contributed by atoms with Crippen LogP contribution in [0.4, 0.5) is 0 Å². The van der Waals surface area contributed by atoms with Crippen molar-refractivity contribution in [3.05, 3.63) is 58.6 Å². The predicted molar refractivity (Wildman–Crippen MR) is 89.3 cm³/mol. The minimum Gasteiger partial charge on any atom is -0.496 e. The van der Waals surface area contributed by atoms with Gasteiger partial charge in [-0.05, 0) is 42.3 Å². The minimum absolute atomic E-state index is 0.00750. The molecule has 0 saturated heterocycles. The number of hydrogen-bond acceptors (Lipinski definition) is 3. The van der Waals surface area contributed by atoms with Crippen LogP contribution >= 0.6 is 15.9 Å². The van der Waals surface area contributed by atoms with Crippen LogP contribution in [0.15, 0.2) is 53.0 Å². The number of para-hydroxylation sites is 1. The highest BCUT2D eigenvalue weighted by molar-refractivity contribution is 9.10. The van der Waals surface area contributed by atoms with Crippen LogP contribution in [0.1, 0.15) is 5.56 Å². The predicted octanol–water partition coefficient (Wildman–Crippen LogP) is 3.20. The lowest BCUT2D eigenvalue weighted by Crippen LogP contribution is -2.30. The maximum Gasteiger partial charge on any atom is 0.257 e. The highest BCUT2D eigenvalue weighted by Gasteiger charge is 2.05. The molecule has 2 rings (SSSR count). The average molecular weight is 364 g/mol. The lowest BCUT2D eigenvalue weighted by molar-refractivity contribution is -0.123. The van der Waals surface area contributed by atoms with E-state index in [2.05, 4.69) is 21.2 Å². The summed E-state index contributed by atoms with van der Waals surface area (Å²) in [4.78, 5) is 11.8. The molecule has 0 heterocycles. The maximum atomic E-state index is 11.8. The summed E-state index contributed by atoms with van der Waals surface area (Å²) < 4.78 is 11.7. The molecule has 0 aliphatic carbocycles. The fraction of sp³-hybridized carbons (Fsp3) is 0.235. The first-order valence-corrected chi connectivity index (χ1v) is 7.75. The summed E-state index contributed by atoms with van der Waals surface area (Å²) in [5.74, 6) is 1.36. The van der Waals surface area contributed by atoms with Crippen molar-refractivity contribution in [3.63, 3.8) is 0 Å². The first kappa shape index (κ1) is 16.4. The van der Waals surface area contributed by atoms with Crippen molar-refractivity contribution in [2.24, 2.45) is 0 Å². The van der Waals surface area contributed by atoms with Crippen LogP contribution in [-0.2, 0) is 11.2 Å². The Morgan fingerprint density at radius 1 is 1.14 bits per heavy atom. The number of amides is 1. The number of methoxy groups -OCH3 is 1. The summed E-state index contributed by atoms with van der Waals surface area (Å²) in [7, 11) is 1.64. The summed E-state index contributed by atoms with van der Waals surface area (Å²) in [6, 6.07) is 15.1. The molecular weight excluding hydrogens is 346 g/mol.